The monoisotopic (exact) mass is 559 g/mol. The summed E-state index contributed by atoms with van der Waals surface area (Å²) >= 11 is 0. The molecule has 0 saturated carbocycles. The van der Waals surface area contributed by atoms with Crippen molar-refractivity contribution in [2.75, 3.05) is 72.6 Å². The minimum Gasteiger partial charge on any atom is -0.461 e. The summed E-state index contributed by atoms with van der Waals surface area (Å²) in [5, 5.41) is 0. The third kappa shape index (κ3) is 19.8. The number of carbonyl (C=O) groups excluding carboxylic acids is 2. The molecule has 0 radical (unpaired) electrons. The van der Waals surface area contributed by atoms with Gasteiger partial charge in [0.1, 0.15) is 13.2 Å². The van der Waals surface area contributed by atoms with E-state index in [2.05, 4.69) is 75.4 Å². The summed E-state index contributed by atoms with van der Waals surface area (Å²) in [6.07, 6.45) is 13.0. The fourth-order valence-electron chi connectivity index (χ4n) is 4.27. The number of hydrogen-bond acceptors (Lipinski definition) is 7. The van der Waals surface area contributed by atoms with Gasteiger partial charge in [0, 0.05) is 52.4 Å². The van der Waals surface area contributed by atoms with Gasteiger partial charge in [0.25, 0.3) is 0 Å². The molecule has 1 saturated heterocycles. The standard InChI is InChI=1S/C33H57N3O4/c1-28(2)10-8-12-30(5)16-26-39-32(37)14-18-35(24-25-36-22-20-34(7)21-23-36)19-15-33(38)40-27-17-31(6)13-9-11-29(3)4/h10-11,16-17H,8-9,12-15,18-27H2,1-7H3/b30-16-,31-17-. The molecule has 0 amide bonds. The van der Waals surface area contributed by atoms with Crippen molar-refractivity contribution >= 4 is 11.9 Å². The topological polar surface area (TPSA) is 62.3 Å². The van der Waals surface area contributed by atoms with Crippen molar-refractivity contribution in [3.05, 3.63) is 46.6 Å². The molecule has 1 rings (SSSR count). The summed E-state index contributed by atoms with van der Waals surface area (Å²) in [6, 6.07) is 0. The number of likely N-dealkylation sites (N-methyl/N-ethyl adjacent to an activating group) is 1. The number of hydrogen-bond donors (Lipinski definition) is 0. The molecule has 40 heavy (non-hydrogen) atoms. The largest absolute Gasteiger partial charge is 0.461 e. The van der Waals surface area contributed by atoms with Gasteiger partial charge < -0.3 is 19.3 Å². The van der Waals surface area contributed by atoms with Crippen LogP contribution >= 0.6 is 0 Å². The quantitative estimate of drug-likeness (QED) is 0.147. The fraction of sp³-hybridized carbons (Fsp3) is 0.697. The first-order valence-corrected chi connectivity index (χ1v) is 15.1. The molecule has 1 fully saturated rings. The van der Waals surface area contributed by atoms with Crippen molar-refractivity contribution in [3.63, 3.8) is 0 Å². The molecule has 7 nitrogen and oxygen atoms in total. The predicted octanol–water partition coefficient (Wildman–Crippen LogP) is 5.79. The van der Waals surface area contributed by atoms with Gasteiger partial charge in [0.15, 0.2) is 0 Å². The number of piperazine rings is 1. The van der Waals surface area contributed by atoms with E-state index in [0.717, 1.165) is 65.0 Å². The summed E-state index contributed by atoms with van der Waals surface area (Å²) in [5.74, 6) is -0.400. The van der Waals surface area contributed by atoms with Crippen LogP contribution in [-0.2, 0) is 19.1 Å². The number of nitrogens with zero attached hydrogens (tertiary/aromatic N) is 3. The SMILES string of the molecule is CC(C)=CCC/C(C)=C\COC(=O)CCN(CCC(=O)OC/C=C(/C)CCC=C(C)C)CCN1CCN(C)CC1. The first-order valence-electron chi connectivity index (χ1n) is 15.1. The number of esters is 2. The second-order valence-corrected chi connectivity index (χ2v) is 11.6. The maximum absolute atomic E-state index is 12.4. The van der Waals surface area contributed by atoms with Gasteiger partial charge in [-0.15, -0.1) is 0 Å². The fourth-order valence-corrected chi connectivity index (χ4v) is 4.27. The van der Waals surface area contributed by atoms with Crippen LogP contribution in [-0.4, -0.2) is 99.3 Å². The molecule has 0 N–H and O–H groups in total. The first kappa shape index (κ1) is 35.8. The normalized spacial score (nSPS) is 15.2. The summed E-state index contributed by atoms with van der Waals surface area (Å²) in [5.41, 5.74) is 5.11. The van der Waals surface area contributed by atoms with Gasteiger partial charge in [-0.05, 0) is 86.4 Å². The van der Waals surface area contributed by atoms with Gasteiger partial charge in [-0.25, -0.2) is 0 Å². The lowest BCUT2D eigenvalue weighted by molar-refractivity contribution is -0.142. The van der Waals surface area contributed by atoms with Crippen LogP contribution in [0.3, 0.4) is 0 Å². The third-order valence-electron chi connectivity index (χ3n) is 7.13. The Bertz CT molecular complexity index is 801. The maximum atomic E-state index is 12.4. The summed E-state index contributed by atoms with van der Waals surface area (Å²) in [6.45, 7) is 20.3. The van der Waals surface area contributed by atoms with E-state index < -0.39 is 0 Å². The van der Waals surface area contributed by atoms with Crippen molar-refractivity contribution in [3.8, 4) is 0 Å². The van der Waals surface area contributed by atoms with E-state index in [1.165, 1.54) is 22.3 Å². The Morgan fingerprint density at radius 3 is 1.52 bits per heavy atom. The van der Waals surface area contributed by atoms with Crippen LogP contribution < -0.4 is 0 Å². The molecule has 0 unspecified atom stereocenters. The zero-order valence-corrected chi connectivity index (χ0v) is 26.6. The zero-order chi connectivity index (χ0) is 29.8. The average Bonchev–Trinajstić information content (AvgIpc) is 2.88. The highest BCUT2D eigenvalue weighted by atomic mass is 16.5. The second-order valence-electron chi connectivity index (χ2n) is 11.6. The lowest BCUT2D eigenvalue weighted by Gasteiger charge is -2.33. The minimum atomic E-state index is -0.200. The van der Waals surface area contributed by atoms with Crippen LogP contribution in [0, 0.1) is 0 Å². The smallest absolute Gasteiger partial charge is 0.307 e. The first-order chi connectivity index (χ1) is 19.0. The Balaban J connectivity index is 2.48. The van der Waals surface area contributed by atoms with Crippen molar-refractivity contribution in [2.24, 2.45) is 0 Å². The summed E-state index contributed by atoms with van der Waals surface area (Å²) in [4.78, 5) is 31.8. The Morgan fingerprint density at radius 2 is 1.10 bits per heavy atom. The van der Waals surface area contributed by atoms with E-state index in [1.54, 1.807) is 0 Å². The van der Waals surface area contributed by atoms with E-state index in [9.17, 15) is 9.59 Å². The molecule has 1 heterocycles. The van der Waals surface area contributed by atoms with Crippen LogP contribution in [0.15, 0.2) is 46.6 Å². The van der Waals surface area contributed by atoms with Crippen LogP contribution in [0.2, 0.25) is 0 Å². The number of allylic oxidation sites excluding steroid dienone is 6. The third-order valence-corrected chi connectivity index (χ3v) is 7.13. The van der Waals surface area contributed by atoms with Crippen LogP contribution in [0.5, 0.6) is 0 Å². The minimum absolute atomic E-state index is 0.200. The van der Waals surface area contributed by atoms with Gasteiger partial charge in [-0.3, -0.25) is 14.5 Å². The van der Waals surface area contributed by atoms with Crippen LogP contribution in [0.25, 0.3) is 0 Å². The van der Waals surface area contributed by atoms with Crippen molar-refractivity contribution in [2.45, 2.75) is 80.1 Å². The average molecular weight is 560 g/mol. The highest BCUT2D eigenvalue weighted by Gasteiger charge is 2.17. The van der Waals surface area contributed by atoms with Crippen molar-refractivity contribution in [1.82, 2.24) is 14.7 Å². The molecular weight excluding hydrogens is 502 g/mol. The molecule has 1 aliphatic rings. The van der Waals surface area contributed by atoms with Crippen LogP contribution in [0.4, 0.5) is 0 Å². The molecule has 0 aliphatic carbocycles. The molecule has 0 aromatic rings. The zero-order valence-electron chi connectivity index (χ0n) is 26.6. The number of rotatable bonds is 19. The lowest BCUT2D eigenvalue weighted by atomic mass is 10.1. The van der Waals surface area contributed by atoms with E-state index in [0.29, 0.717) is 39.1 Å². The van der Waals surface area contributed by atoms with Crippen LogP contribution in [0.1, 0.15) is 80.1 Å². The highest BCUT2D eigenvalue weighted by Crippen LogP contribution is 2.08. The Hall–Kier alpha value is -2.22. The Labute approximate surface area is 244 Å². The summed E-state index contributed by atoms with van der Waals surface area (Å²) < 4.78 is 10.9. The molecular formula is C33H57N3O4. The summed E-state index contributed by atoms with van der Waals surface area (Å²) in [7, 11) is 2.15. The number of ether oxygens (including phenoxy) is 2. The molecule has 7 heteroatoms. The molecule has 0 aromatic carbocycles. The van der Waals surface area contributed by atoms with E-state index >= 15 is 0 Å². The van der Waals surface area contributed by atoms with Gasteiger partial charge in [-0.2, -0.15) is 0 Å². The van der Waals surface area contributed by atoms with Crippen molar-refractivity contribution in [1.29, 1.82) is 0 Å². The Morgan fingerprint density at radius 1 is 0.650 bits per heavy atom. The molecule has 0 aromatic heterocycles. The molecule has 228 valence electrons. The van der Waals surface area contributed by atoms with E-state index in [1.807, 2.05) is 12.2 Å². The highest BCUT2D eigenvalue weighted by molar-refractivity contribution is 5.70. The Kier molecular flexibility index (Phi) is 19.3. The van der Waals surface area contributed by atoms with E-state index in [-0.39, 0.29) is 11.9 Å². The molecule has 0 spiro atoms. The second kappa shape index (κ2) is 21.5. The van der Waals surface area contributed by atoms with Gasteiger partial charge in [0.05, 0.1) is 12.8 Å². The maximum Gasteiger partial charge on any atom is 0.307 e. The van der Waals surface area contributed by atoms with Gasteiger partial charge in [0.2, 0.25) is 0 Å². The predicted molar refractivity (Wildman–Crippen MR) is 166 cm³/mol. The molecule has 0 atom stereocenters. The lowest BCUT2D eigenvalue weighted by Crippen LogP contribution is -2.47. The molecule has 0 bridgehead atoms. The van der Waals surface area contributed by atoms with Gasteiger partial charge in [-0.1, -0.05) is 34.4 Å². The van der Waals surface area contributed by atoms with Crippen molar-refractivity contribution < 1.29 is 19.1 Å². The molecule has 1 aliphatic heterocycles. The van der Waals surface area contributed by atoms with E-state index in [4.69, 9.17) is 9.47 Å². The van der Waals surface area contributed by atoms with Gasteiger partial charge >= 0.3 is 11.9 Å². The number of carbonyl (C=O) groups is 2.